The molecule has 1 spiro atoms. The molecule has 0 N–H and O–H groups in total. The molecular formula is C16H19Br3O. The van der Waals surface area contributed by atoms with Crippen molar-refractivity contribution in [3.05, 3.63) is 27.1 Å². The summed E-state index contributed by atoms with van der Waals surface area (Å²) in [6, 6.07) is 6.16. The van der Waals surface area contributed by atoms with Crippen LogP contribution in [0.5, 0.6) is 5.75 Å². The maximum atomic E-state index is 6.36. The summed E-state index contributed by atoms with van der Waals surface area (Å²) in [6.45, 7) is 0. The van der Waals surface area contributed by atoms with Gasteiger partial charge in [-0.3, -0.25) is 0 Å². The van der Waals surface area contributed by atoms with Gasteiger partial charge in [0.1, 0.15) is 11.9 Å². The van der Waals surface area contributed by atoms with E-state index in [1.54, 1.807) is 0 Å². The summed E-state index contributed by atoms with van der Waals surface area (Å²) in [5.74, 6) is 0.973. The summed E-state index contributed by atoms with van der Waals surface area (Å²) in [7, 11) is 0. The Morgan fingerprint density at radius 3 is 2.35 bits per heavy atom. The molecule has 2 atom stereocenters. The van der Waals surface area contributed by atoms with Crippen LogP contribution in [0.2, 0.25) is 0 Å². The van der Waals surface area contributed by atoms with Crippen LogP contribution in [0.25, 0.3) is 0 Å². The van der Waals surface area contributed by atoms with Crippen LogP contribution >= 0.6 is 47.8 Å². The van der Waals surface area contributed by atoms with Gasteiger partial charge < -0.3 is 4.74 Å². The van der Waals surface area contributed by atoms with E-state index in [0.717, 1.165) is 21.1 Å². The monoisotopic (exact) mass is 464 g/mol. The lowest BCUT2D eigenvalue weighted by atomic mass is 9.61. The third-order valence-corrected chi connectivity index (χ3v) is 7.28. The maximum Gasteiger partial charge on any atom is 0.134 e. The molecule has 4 heteroatoms. The van der Waals surface area contributed by atoms with Gasteiger partial charge in [-0.1, -0.05) is 57.5 Å². The summed E-state index contributed by atoms with van der Waals surface area (Å²) >= 11 is 11.0. The predicted octanol–water partition coefficient (Wildman–Crippen LogP) is 6.47. The molecule has 0 aromatic heterocycles. The molecule has 2 aliphatic rings. The van der Waals surface area contributed by atoms with Gasteiger partial charge in [-0.25, -0.2) is 0 Å². The predicted molar refractivity (Wildman–Crippen MR) is 93.7 cm³/mol. The highest BCUT2D eigenvalue weighted by atomic mass is 79.9. The molecule has 1 aromatic carbocycles. The van der Waals surface area contributed by atoms with Gasteiger partial charge >= 0.3 is 0 Å². The zero-order chi connectivity index (χ0) is 14.2. The Balaban J connectivity index is 1.76. The van der Waals surface area contributed by atoms with Crippen molar-refractivity contribution in [2.75, 3.05) is 0 Å². The summed E-state index contributed by atoms with van der Waals surface area (Å²) < 4.78 is 8.47. The van der Waals surface area contributed by atoms with Gasteiger partial charge in [0, 0.05) is 14.7 Å². The third-order valence-electron chi connectivity index (χ3n) is 4.88. The summed E-state index contributed by atoms with van der Waals surface area (Å²) in [5, 5.41) is 0. The number of hydrogen-bond acceptors (Lipinski definition) is 1. The second kappa shape index (κ2) is 6.29. The summed E-state index contributed by atoms with van der Waals surface area (Å²) in [6.07, 6.45) is 9.58. The Morgan fingerprint density at radius 1 is 1.05 bits per heavy atom. The molecule has 0 bridgehead atoms. The fourth-order valence-corrected chi connectivity index (χ4v) is 5.84. The first-order valence-electron chi connectivity index (χ1n) is 7.37. The number of hydrogen-bond donors (Lipinski definition) is 0. The lowest BCUT2D eigenvalue weighted by molar-refractivity contribution is -0.0465. The quantitative estimate of drug-likeness (QED) is 0.454. The fourth-order valence-electron chi connectivity index (χ4n) is 3.61. The molecule has 0 amide bonds. The topological polar surface area (TPSA) is 9.23 Å². The second-order valence-corrected chi connectivity index (χ2v) is 8.91. The number of benzene rings is 1. The van der Waals surface area contributed by atoms with E-state index < -0.39 is 0 Å². The number of halogens is 3. The highest BCUT2D eigenvalue weighted by Crippen LogP contribution is 2.56. The average Bonchev–Trinajstić information content (AvgIpc) is 2.69. The molecular weight excluding hydrogens is 448 g/mol. The Bertz CT molecular complexity index is 481. The maximum absolute atomic E-state index is 6.36. The van der Waals surface area contributed by atoms with Crippen LogP contribution in [0.1, 0.15) is 44.9 Å². The first kappa shape index (κ1) is 15.4. The van der Waals surface area contributed by atoms with Gasteiger partial charge in [-0.2, -0.15) is 0 Å². The van der Waals surface area contributed by atoms with Crippen LogP contribution in [-0.4, -0.2) is 10.9 Å². The van der Waals surface area contributed by atoms with Crippen LogP contribution in [0.3, 0.4) is 0 Å². The molecule has 0 radical (unpaired) electrons. The van der Waals surface area contributed by atoms with E-state index in [-0.39, 0.29) is 0 Å². The van der Waals surface area contributed by atoms with Gasteiger partial charge in [0.25, 0.3) is 0 Å². The number of ether oxygens (including phenoxy) is 1. The van der Waals surface area contributed by atoms with Gasteiger partial charge in [0.05, 0.1) is 4.47 Å². The Hall–Kier alpha value is 0.460. The van der Waals surface area contributed by atoms with Gasteiger partial charge in [-0.05, 0) is 53.4 Å². The van der Waals surface area contributed by atoms with Crippen LogP contribution < -0.4 is 4.74 Å². The van der Waals surface area contributed by atoms with E-state index >= 15 is 0 Å². The second-order valence-electron chi connectivity index (χ2n) is 6.03. The molecule has 2 fully saturated rings. The van der Waals surface area contributed by atoms with E-state index in [9.17, 15) is 0 Å². The molecule has 1 aromatic rings. The van der Waals surface area contributed by atoms with E-state index in [0.29, 0.717) is 16.3 Å². The molecule has 110 valence electrons. The average molecular weight is 467 g/mol. The minimum absolute atomic E-state index is 0.363. The van der Waals surface area contributed by atoms with Crippen molar-refractivity contribution >= 4 is 47.8 Å². The minimum atomic E-state index is 0.363. The Morgan fingerprint density at radius 2 is 1.75 bits per heavy atom. The van der Waals surface area contributed by atoms with Gasteiger partial charge in [0.15, 0.2) is 0 Å². The molecule has 2 saturated carbocycles. The first-order valence-corrected chi connectivity index (χ1v) is 9.88. The Labute approximate surface area is 146 Å². The van der Waals surface area contributed by atoms with Crippen LogP contribution in [0, 0.1) is 5.41 Å². The molecule has 0 aliphatic heterocycles. The lowest BCUT2D eigenvalue weighted by Crippen LogP contribution is -2.56. The smallest absolute Gasteiger partial charge is 0.134 e. The summed E-state index contributed by atoms with van der Waals surface area (Å²) in [4.78, 5) is 0.632. The Kier molecular flexibility index (Phi) is 4.83. The highest BCUT2D eigenvalue weighted by Gasteiger charge is 2.55. The van der Waals surface area contributed by atoms with Crippen molar-refractivity contribution in [2.45, 2.75) is 55.9 Å². The molecule has 2 aliphatic carbocycles. The van der Waals surface area contributed by atoms with Crippen molar-refractivity contribution in [3.8, 4) is 5.75 Å². The van der Waals surface area contributed by atoms with Gasteiger partial charge in [-0.15, -0.1) is 0 Å². The molecule has 20 heavy (non-hydrogen) atoms. The van der Waals surface area contributed by atoms with E-state index in [1.807, 2.05) is 6.07 Å². The molecule has 1 nitrogen and oxygen atoms in total. The van der Waals surface area contributed by atoms with Crippen molar-refractivity contribution < 1.29 is 4.74 Å². The van der Waals surface area contributed by atoms with E-state index in [1.165, 1.54) is 38.5 Å². The molecule has 3 rings (SSSR count). The zero-order valence-corrected chi connectivity index (χ0v) is 16.1. The molecule has 0 heterocycles. The third kappa shape index (κ3) is 2.85. The van der Waals surface area contributed by atoms with Crippen molar-refractivity contribution in [2.24, 2.45) is 5.41 Å². The molecule has 0 saturated heterocycles. The number of rotatable bonds is 2. The van der Waals surface area contributed by atoms with Crippen LogP contribution in [-0.2, 0) is 0 Å². The zero-order valence-electron chi connectivity index (χ0n) is 11.4. The van der Waals surface area contributed by atoms with Crippen molar-refractivity contribution in [1.82, 2.24) is 0 Å². The van der Waals surface area contributed by atoms with Crippen molar-refractivity contribution in [3.63, 3.8) is 0 Å². The largest absolute Gasteiger partial charge is 0.489 e. The minimum Gasteiger partial charge on any atom is -0.489 e. The summed E-state index contributed by atoms with van der Waals surface area (Å²) in [5.41, 5.74) is 0.364. The van der Waals surface area contributed by atoms with Gasteiger partial charge in [0.2, 0.25) is 0 Å². The standard InChI is InChI=1S/C16H19Br3O/c17-11-5-6-13(12(18)9-11)20-15-10-14(19)16(15)7-3-1-2-4-8-16/h5-6,9,14-15H,1-4,7-8,10H2. The highest BCUT2D eigenvalue weighted by molar-refractivity contribution is 9.11. The molecule has 2 unspecified atom stereocenters. The SMILES string of the molecule is Brc1ccc(OC2CC(Br)C23CCCCCC3)c(Br)c1. The van der Waals surface area contributed by atoms with Crippen LogP contribution in [0.4, 0.5) is 0 Å². The lowest BCUT2D eigenvalue weighted by Gasteiger charge is -2.53. The normalized spacial score (nSPS) is 28.8. The van der Waals surface area contributed by atoms with Crippen molar-refractivity contribution in [1.29, 1.82) is 0 Å². The number of alkyl halides is 1. The van der Waals surface area contributed by atoms with Crippen LogP contribution in [0.15, 0.2) is 27.1 Å². The fraction of sp³-hybridized carbons (Fsp3) is 0.625. The van der Waals surface area contributed by atoms with E-state index in [4.69, 9.17) is 4.74 Å². The first-order chi connectivity index (χ1) is 9.62. The van der Waals surface area contributed by atoms with E-state index in [2.05, 4.69) is 59.9 Å².